The van der Waals surface area contributed by atoms with E-state index in [1.165, 1.54) is 16.4 Å². The van der Waals surface area contributed by atoms with Crippen molar-refractivity contribution in [2.75, 3.05) is 18.9 Å². The molecule has 2 aromatic carbocycles. The van der Waals surface area contributed by atoms with E-state index in [4.69, 9.17) is 0 Å². The molecule has 0 saturated heterocycles. The summed E-state index contributed by atoms with van der Waals surface area (Å²) >= 11 is 0. The van der Waals surface area contributed by atoms with E-state index in [9.17, 15) is 13.2 Å². The molecule has 2 aromatic rings. The van der Waals surface area contributed by atoms with Crippen molar-refractivity contribution in [3.8, 4) is 0 Å². The van der Waals surface area contributed by atoms with Crippen molar-refractivity contribution in [1.82, 2.24) is 4.31 Å². The number of amides is 1. The normalized spacial score (nSPS) is 11.5. The molecule has 5 nitrogen and oxygen atoms in total. The van der Waals surface area contributed by atoms with Gasteiger partial charge in [-0.2, -0.15) is 0 Å². The van der Waals surface area contributed by atoms with E-state index in [1.807, 2.05) is 26.0 Å². The first-order chi connectivity index (χ1) is 11.8. The minimum atomic E-state index is -3.49. The van der Waals surface area contributed by atoms with Gasteiger partial charge in [0.2, 0.25) is 10.0 Å². The zero-order valence-electron chi connectivity index (χ0n) is 14.8. The van der Waals surface area contributed by atoms with Crippen LogP contribution >= 0.6 is 0 Å². The zero-order chi connectivity index (χ0) is 18.4. The van der Waals surface area contributed by atoms with E-state index in [-0.39, 0.29) is 10.8 Å². The summed E-state index contributed by atoms with van der Waals surface area (Å²) in [6, 6.07) is 13.5. The number of rotatable bonds is 7. The quantitative estimate of drug-likeness (QED) is 0.819. The molecular weight excluding hydrogens is 336 g/mol. The Balaban J connectivity index is 2.09. The molecule has 0 radical (unpaired) electrons. The van der Waals surface area contributed by atoms with Crippen molar-refractivity contribution in [2.45, 2.75) is 31.6 Å². The Morgan fingerprint density at radius 1 is 1.04 bits per heavy atom. The first-order valence-corrected chi connectivity index (χ1v) is 9.73. The van der Waals surface area contributed by atoms with Crippen LogP contribution in [0.1, 0.15) is 35.7 Å². The second-order valence-electron chi connectivity index (χ2n) is 6.02. The first-order valence-electron chi connectivity index (χ1n) is 8.29. The number of carbonyl (C=O) groups excluding carboxylic acids is 1. The van der Waals surface area contributed by atoms with Crippen LogP contribution in [0.3, 0.4) is 0 Å². The molecule has 0 spiro atoms. The van der Waals surface area contributed by atoms with Gasteiger partial charge in [0.1, 0.15) is 0 Å². The minimum Gasteiger partial charge on any atom is -0.322 e. The molecule has 0 aliphatic carbocycles. The van der Waals surface area contributed by atoms with E-state index < -0.39 is 10.0 Å². The van der Waals surface area contributed by atoms with Gasteiger partial charge in [-0.25, -0.2) is 12.7 Å². The summed E-state index contributed by atoms with van der Waals surface area (Å²) < 4.78 is 26.3. The molecule has 0 heterocycles. The van der Waals surface area contributed by atoms with E-state index in [0.29, 0.717) is 17.8 Å². The molecule has 0 aliphatic heterocycles. The molecule has 6 heteroatoms. The Labute approximate surface area is 149 Å². The number of hydrogen-bond acceptors (Lipinski definition) is 3. The summed E-state index contributed by atoms with van der Waals surface area (Å²) in [5.74, 6) is -0.226. The SMILES string of the molecule is CCCCN(C)S(=O)(=O)c1ccc(NC(=O)c2ccc(C)cc2)cc1. The van der Waals surface area contributed by atoms with Crippen LogP contribution in [0.15, 0.2) is 53.4 Å². The van der Waals surface area contributed by atoms with Crippen LogP contribution < -0.4 is 5.32 Å². The smallest absolute Gasteiger partial charge is 0.255 e. The Kier molecular flexibility index (Phi) is 6.33. The van der Waals surface area contributed by atoms with E-state index >= 15 is 0 Å². The fourth-order valence-corrected chi connectivity index (χ4v) is 3.51. The number of aryl methyl sites for hydroxylation is 1. The van der Waals surface area contributed by atoms with Gasteiger partial charge in [0, 0.05) is 24.8 Å². The maximum Gasteiger partial charge on any atom is 0.255 e. The topological polar surface area (TPSA) is 66.5 Å². The average molecular weight is 360 g/mol. The molecular formula is C19H24N2O3S. The van der Waals surface area contributed by atoms with Crippen LogP contribution in [0.2, 0.25) is 0 Å². The van der Waals surface area contributed by atoms with Crippen molar-refractivity contribution in [1.29, 1.82) is 0 Å². The summed E-state index contributed by atoms with van der Waals surface area (Å²) in [6.07, 6.45) is 1.75. The molecule has 0 aliphatic rings. The standard InChI is InChI=1S/C19H24N2O3S/c1-4-5-14-21(3)25(23,24)18-12-10-17(11-13-18)20-19(22)16-8-6-15(2)7-9-16/h6-13H,4-5,14H2,1-3H3,(H,20,22). The minimum absolute atomic E-state index is 0.222. The predicted molar refractivity (Wildman–Crippen MR) is 100 cm³/mol. The largest absolute Gasteiger partial charge is 0.322 e. The van der Waals surface area contributed by atoms with Gasteiger partial charge in [-0.05, 0) is 49.7 Å². The van der Waals surface area contributed by atoms with Crippen LogP contribution in [-0.2, 0) is 10.0 Å². The highest BCUT2D eigenvalue weighted by atomic mass is 32.2. The molecule has 0 aromatic heterocycles. The molecule has 25 heavy (non-hydrogen) atoms. The predicted octanol–water partition coefficient (Wildman–Crippen LogP) is 3.67. The lowest BCUT2D eigenvalue weighted by Gasteiger charge is -2.17. The van der Waals surface area contributed by atoms with Crippen molar-refractivity contribution in [2.24, 2.45) is 0 Å². The first kappa shape index (κ1) is 19.1. The second kappa shape index (κ2) is 8.27. The Hall–Kier alpha value is -2.18. The highest BCUT2D eigenvalue weighted by Crippen LogP contribution is 2.18. The summed E-state index contributed by atoms with van der Waals surface area (Å²) in [7, 11) is -1.91. The van der Waals surface area contributed by atoms with Gasteiger partial charge in [-0.15, -0.1) is 0 Å². The van der Waals surface area contributed by atoms with Crippen LogP contribution in [0.4, 0.5) is 5.69 Å². The number of unbranched alkanes of at least 4 members (excludes halogenated alkanes) is 1. The Bertz CT molecular complexity index is 813. The molecule has 1 N–H and O–H groups in total. The van der Waals surface area contributed by atoms with Crippen molar-refractivity contribution in [3.63, 3.8) is 0 Å². The van der Waals surface area contributed by atoms with Crippen LogP contribution in [-0.4, -0.2) is 32.2 Å². The molecule has 0 bridgehead atoms. The van der Waals surface area contributed by atoms with Gasteiger partial charge < -0.3 is 5.32 Å². The van der Waals surface area contributed by atoms with Crippen molar-refractivity contribution < 1.29 is 13.2 Å². The summed E-state index contributed by atoms with van der Waals surface area (Å²) in [5, 5.41) is 2.77. The van der Waals surface area contributed by atoms with Gasteiger partial charge in [-0.1, -0.05) is 31.0 Å². The number of carbonyl (C=O) groups is 1. The zero-order valence-corrected chi connectivity index (χ0v) is 15.6. The summed E-state index contributed by atoms with van der Waals surface area (Å²) in [4.78, 5) is 12.4. The van der Waals surface area contributed by atoms with Crippen molar-refractivity contribution >= 4 is 21.6 Å². The fourth-order valence-electron chi connectivity index (χ4n) is 2.30. The molecule has 1 amide bonds. The van der Waals surface area contributed by atoms with E-state index in [1.54, 1.807) is 31.3 Å². The number of sulfonamides is 1. The highest BCUT2D eigenvalue weighted by molar-refractivity contribution is 7.89. The number of nitrogens with zero attached hydrogens (tertiary/aromatic N) is 1. The fraction of sp³-hybridized carbons (Fsp3) is 0.316. The van der Waals surface area contributed by atoms with Gasteiger partial charge >= 0.3 is 0 Å². The third-order valence-corrected chi connectivity index (χ3v) is 5.83. The third kappa shape index (κ3) is 4.90. The van der Waals surface area contributed by atoms with Crippen LogP contribution in [0.5, 0.6) is 0 Å². The van der Waals surface area contributed by atoms with Gasteiger partial charge in [0.05, 0.1) is 4.90 Å². The molecule has 2 rings (SSSR count). The van der Waals surface area contributed by atoms with Crippen LogP contribution in [0.25, 0.3) is 0 Å². The summed E-state index contributed by atoms with van der Waals surface area (Å²) in [5.41, 5.74) is 2.20. The molecule has 0 unspecified atom stereocenters. The number of hydrogen-bond donors (Lipinski definition) is 1. The Morgan fingerprint density at radius 2 is 1.64 bits per heavy atom. The number of nitrogens with one attached hydrogen (secondary N) is 1. The molecule has 134 valence electrons. The monoisotopic (exact) mass is 360 g/mol. The second-order valence-corrected chi connectivity index (χ2v) is 8.07. The number of anilines is 1. The van der Waals surface area contributed by atoms with Gasteiger partial charge in [0.25, 0.3) is 5.91 Å². The number of benzene rings is 2. The summed E-state index contributed by atoms with van der Waals surface area (Å²) in [6.45, 7) is 4.47. The molecule has 0 saturated carbocycles. The maximum absolute atomic E-state index is 12.5. The lowest BCUT2D eigenvalue weighted by molar-refractivity contribution is 0.102. The van der Waals surface area contributed by atoms with E-state index in [2.05, 4.69) is 5.32 Å². The average Bonchev–Trinajstić information content (AvgIpc) is 2.60. The molecule has 0 atom stereocenters. The lowest BCUT2D eigenvalue weighted by atomic mass is 10.1. The van der Waals surface area contributed by atoms with Gasteiger partial charge in [-0.3, -0.25) is 4.79 Å². The lowest BCUT2D eigenvalue weighted by Crippen LogP contribution is -2.27. The maximum atomic E-state index is 12.5. The van der Waals surface area contributed by atoms with Crippen LogP contribution in [0, 0.1) is 6.92 Å². The highest BCUT2D eigenvalue weighted by Gasteiger charge is 2.20. The van der Waals surface area contributed by atoms with Gasteiger partial charge in [0.15, 0.2) is 0 Å². The molecule has 0 fully saturated rings. The van der Waals surface area contributed by atoms with E-state index in [0.717, 1.165) is 18.4 Å². The van der Waals surface area contributed by atoms with Crippen molar-refractivity contribution in [3.05, 3.63) is 59.7 Å². The Morgan fingerprint density at radius 3 is 2.20 bits per heavy atom. The third-order valence-electron chi connectivity index (χ3n) is 3.96.